The highest BCUT2D eigenvalue weighted by molar-refractivity contribution is 7.99. The van der Waals surface area contributed by atoms with Gasteiger partial charge in [0.25, 0.3) is 0 Å². The van der Waals surface area contributed by atoms with Crippen LogP contribution in [0.3, 0.4) is 0 Å². The van der Waals surface area contributed by atoms with Crippen molar-refractivity contribution < 1.29 is 0 Å². The van der Waals surface area contributed by atoms with Gasteiger partial charge >= 0.3 is 0 Å². The number of benzene rings is 1. The van der Waals surface area contributed by atoms with E-state index in [-0.39, 0.29) is 6.04 Å². The molecule has 0 aliphatic carbocycles. The van der Waals surface area contributed by atoms with Gasteiger partial charge in [-0.1, -0.05) is 42.4 Å². The summed E-state index contributed by atoms with van der Waals surface area (Å²) < 4.78 is 0. The third-order valence-electron chi connectivity index (χ3n) is 2.97. The van der Waals surface area contributed by atoms with Gasteiger partial charge in [0.05, 0.1) is 10.7 Å². The SMILES string of the molecule is CCCNC(C)c1ccc(Sc2ccccc2Cl)cn1. The zero-order valence-corrected chi connectivity index (χ0v) is 13.3. The smallest absolute Gasteiger partial charge is 0.0571 e. The highest BCUT2D eigenvalue weighted by Gasteiger charge is 2.07. The number of halogens is 1. The fourth-order valence-electron chi connectivity index (χ4n) is 1.83. The van der Waals surface area contributed by atoms with Crippen molar-refractivity contribution in [3.63, 3.8) is 0 Å². The molecule has 1 heterocycles. The van der Waals surface area contributed by atoms with E-state index >= 15 is 0 Å². The molecule has 2 nitrogen and oxygen atoms in total. The number of rotatable bonds is 6. The van der Waals surface area contributed by atoms with Crippen molar-refractivity contribution >= 4 is 23.4 Å². The van der Waals surface area contributed by atoms with E-state index in [1.807, 2.05) is 30.5 Å². The Bertz CT molecular complexity index is 542. The molecule has 0 spiro atoms. The average Bonchev–Trinajstić information content (AvgIpc) is 2.48. The summed E-state index contributed by atoms with van der Waals surface area (Å²) in [7, 11) is 0. The van der Waals surface area contributed by atoms with E-state index in [1.54, 1.807) is 11.8 Å². The Labute approximate surface area is 130 Å². The first-order valence-corrected chi connectivity index (χ1v) is 8.02. The molecule has 1 N–H and O–H groups in total. The topological polar surface area (TPSA) is 24.9 Å². The van der Waals surface area contributed by atoms with Crippen LogP contribution in [0, 0.1) is 0 Å². The molecule has 0 fully saturated rings. The van der Waals surface area contributed by atoms with Crippen LogP contribution in [0.5, 0.6) is 0 Å². The predicted molar refractivity (Wildman–Crippen MR) is 86.5 cm³/mol. The van der Waals surface area contributed by atoms with Crippen molar-refractivity contribution in [3.8, 4) is 0 Å². The van der Waals surface area contributed by atoms with Crippen LogP contribution >= 0.6 is 23.4 Å². The summed E-state index contributed by atoms with van der Waals surface area (Å²) in [6.45, 7) is 5.31. The molecule has 0 aliphatic heterocycles. The maximum absolute atomic E-state index is 6.16. The van der Waals surface area contributed by atoms with Gasteiger partial charge in [0.1, 0.15) is 0 Å². The lowest BCUT2D eigenvalue weighted by atomic mass is 10.2. The van der Waals surface area contributed by atoms with Crippen LogP contribution in [0.4, 0.5) is 0 Å². The number of nitrogens with one attached hydrogen (secondary N) is 1. The fourth-order valence-corrected chi connectivity index (χ4v) is 2.89. The molecule has 2 rings (SSSR count). The van der Waals surface area contributed by atoms with E-state index < -0.39 is 0 Å². The predicted octanol–water partition coefficient (Wildman–Crippen LogP) is 4.95. The van der Waals surface area contributed by atoms with Gasteiger partial charge in [-0.05, 0) is 44.2 Å². The van der Waals surface area contributed by atoms with Crippen LogP contribution in [0.2, 0.25) is 5.02 Å². The lowest BCUT2D eigenvalue weighted by Crippen LogP contribution is -2.20. The van der Waals surface area contributed by atoms with Gasteiger partial charge in [0.15, 0.2) is 0 Å². The zero-order valence-electron chi connectivity index (χ0n) is 11.8. The summed E-state index contributed by atoms with van der Waals surface area (Å²) in [5.74, 6) is 0. The summed E-state index contributed by atoms with van der Waals surface area (Å²) in [5.41, 5.74) is 1.07. The molecule has 0 aliphatic rings. The Kier molecular flexibility index (Phi) is 5.89. The van der Waals surface area contributed by atoms with Crippen molar-refractivity contribution in [2.24, 2.45) is 0 Å². The Hall–Kier alpha value is -1.03. The van der Waals surface area contributed by atoms with E-state index in [0.717, 1.165) is 33.5 Å². The molecule has 20 heavy (non-hydrogen) atoms. The number of nitrogens with zero attached hydrogens (tertiary/aromatic N) is 1. The quantitative estimate of drug-likeness (QED) is 0.817. The first-order chi connectivity index (χ1) is 9.70. The first-order valence-electron chi connectivity index (χ1n) is 6.82. The van der Waals surface area contributed by atoms with Crippen LogP contribution < -0.4 is 5.32 Å². The highest BCUT2D eigenvalue weighted by Crippen LogP contribution is 2.32. The Morgan fingerprint density at radius 2 is 2.05 bits per heavy atom. The minimum Gasteiger partial charge on any atom is -0.309 e. The van der Waals surface area contributed by atoms with Gasteiger partial charge in [-0.2, -0.15) is 0 Å². The molecule has 0 saturated heterocycles. The van der Waals surface area contributed by atoms with Crippen LogP contribution in [-0.4, -0.2) is 11.5 Å². The van der Waals surface area contributed by atoms with Crippen LogP contribution in [0.25, 0.3) is 0 Å². The number of aromatic nitrogens is 1. The van der Waals surface area contributed by atoms with Gasteiger partial charge in [-0.3, -0.25) is 4.98 Å². The van der Waals surface area contributed by atoms with Crippen LogP contribution in [-0.2, 0) is 0 Å². The second kappa shape index (κ2) is 7.67. The van der Waals surface area contributed by atoms with E-state index in [9.17, 15) is 0 Å². The molecule has 2 aromatic rings. The lowest BCUT2D eigenvalue weighted by Gasteiger charge is -2.13. The van der Waals surface area contributed by atoms with Crippen molar-refractivity contribution in [2.75, 3.05) is 6.54 Å². The number of hydrogen-bond acceptors (Lipinski definition) is 3. The molecule has 1 unspecified atom stereocenters. The number of hydrogen-bond donors (Lipinski definition) is 1. The van der Waals surface area contributed by atoms with Gasteiger partial charge in [0.2, 0.25) is 0 Å². The maximum Gasteiger partial charge on any atom is 0.0571 e. The molecule has 0 amide bonds. The molecular weight excluding hydrogens is 288 g/mol. The monoisotopic (exact) mass is 306 g/mol. The molecule has 1 aromatic heterocycles. The Morgan fingerprint density at radius 1 is 1.25 bits per heavy atom. The molecule has 0 radical (unpaired) electrons. The standard InChI is InChI=1S/C16H19ClN2S/c1-3-10-18-12(2)15-9-8-13(11-19-15)20-16-7-5-4-6-14(16)17/h4-9,11-12,18H,3,10H2,1-2H3. The molecule has 0 saturated carbocycles. The number of pyridine rings is 1. The maximum atomic E-state index is 6.16. The molecule has 0 bridgehead atoms. The van der Waals surface area contributed by atoms with Gasteiger partial charge < -0.3 is 5.32 Å². The second-order valence-electron chi connectivity index (χ2n) is 4.63. The van der Waals surface area contributed by atoms with E-state index in [2.05, 4.69) is 36.3 Å². The van der Waals surface area contributed by atoms with Crippen molar-refractivity contribution in [1.29, 1.82) is 0 Å². The van der Waals surface area contributed by atoms with Gasteiger partial charge in [-0.15, -0.1) is 0 Å². The van der Waals surface area contributed by atoms with E-state index in [1.165, 1.54) is 0 Å². The third kappa shape index (κ3) is 4.23. The Morgan fingerprint density at radius 3 is 2.70 bits per heavy atom. The summed E-state index contributed by atoms with van der Waals surface area (Å²) in [6.07, 6.45) is 3.04. The summed E-state index contributed by atoms with van der Waals surface area (Å²) in [4.78, 5) is 6.69. The van der Waals surface area contributed by atoms with Crippen molar-refractivity contribution in [1.82, 2.24) is 10.3 Å². The summed E-state index contributed by atoms with van der Waals surface area (Å²) >= 11 is 7.80. The van der Waals surface area contributed by atoms with Crippen LogP contribution in [0.15, 0.2) is 52.4 Å². The molecule has 1 atom stereocenters. The average molecular weight is 307 g/mol. The second-order valence-corrected chi connectivity index (χ2v) is 6.15. The largest absolute Gasteiger partial charge is 0.309 e. The molecule has 1 aromatic carbocycles. The highest BCUT2D eigenvalue weighted by atomic mass is 35.5. The normalized spacial score (nSPS) is 12.3. The molecular formula is C16H19ClN2S. The van der Waals surface area contributed by atoms with Crippen molar-refractivity contribution in [2.45, 2.75) is 36.1 Å². The summed E-state index contributed by atoms with van der Waals surface area (Å²) in [6, 6.07) is 12.3. The van der Waals surface area contributed by atoms with Crippen molar-refractivity contribution in [3.05, 3.63) is 53.3 Å². The van der Waals surface area contributed by atoms with Gasteiger partial charge in [-0.25, -0.2) is 0 Å². The van der Waals surface area contributed by atoms with E-state index in [4.69, 9.17) is 11.6 Å². The minimum atomic E-state index is 0.286. The summed E-state index contributed by atoms with van der Waals surface area (Å²) in [5, 5.41) is 4.21. The first kappa shape index (κ1) is 15.4. The Balaban J connectivity index is 2.03. The van der Waals surface area contributed by atoms with Crippen LogP contribution in [0.1, 0.15) is 32.0 Å². The third-order valence-corrected chi connectivity index (χ3v) is 4.46. The zero-order chi connectivity index (χ0) is 14.4. The fraction of sp³-hybridized carbons (Fsp3) is 0.312. The lowest BCUT2D eigenvalue weighted by molar-refractivity contribution is 0.558. The minimum absolute atomic E-state index is 0.286. The molecule has 106 valence electrons. The van der Waals surface area contributed by atoms with Gasteiger partial charge in [0, 0.05) is 22.0 Å². The van der Waals surface area contributed by atoms with E-state index in [0.29, 0.717) is 0 Å². The molecule has 4 heteroatoms.